The molecule has 3 N–H and O–H groups in total. The SMILES string of the molecule is C/C=C\CNc1cc(Cl)nc2c(Cl)csc12.NC1CCCCC1. The molecule has 0 bridgehead atoms. The lowest BCUT2D eigenvalue weighted by Crippen LogP contribution is -2.22. The fraction of sp³-hybridized carbons (Fsp3) is 0.471. The largest absolute Gasteiger partial charge is 0.380 e. The van der Waals surface area contributed by atoms with E-state index in [0.717, 1.165) is 22.4 Å². The monoisotopic (exact) mass is 371 g/mol. The summed E-state index contributed by atoms with van der Waals surface area (Å²) in [6, 6.07) is 2.36. The molecule has 1 aliphatic carbocycles. The molecule has 3 rings (SSSR count). The summed E-state index contributed by atoms with van der Waals surface area (Å²) < 4.78 is 1.04. The Hall–Kier alpha value is -0.810. The molecule has 126 valence electrons. The molecule has 0 atom stereocenters. The van der Waals surface area contributed by atoms with E-state index in [9.17, 15) is 0 Å². The number of aromatic nitrogens is 1. The highest BCUT2D eigenvalue weighted by atomic mass is 35.5. The lowest BCUT2D eigenvalue weighted by molar-refractivity contribution is 0.441. The summed E-state index contributed by atoms with van der Waals surface area (Å²) in [4.78, 5) is 4.21. The van der Waals surface area contributed by atoms with Crippen LogP contribution in [0.25, 0.3) is 10.2 Å². The van der Waals surface area contributed by atoms with E-state index in [1.165, 1.54) is 32.1 Å². The third-order valence-electron chi connectivity index (χ3n) is 3.74. The van der Waals surface area contributed by atoms with Crippen molar-refractivity contribution < 1.29 is 0 Å². The van der Waals surface area contributed by atoms with Crippen molar-refractivity contribution in [3.63, 3.8) is 0 Å². The maximum atomic E-state index is 6.03. The number of nitrogens with zero attached hydrogens (tertiary/aromatic N) is 1. The molecule has 23 heavy (non-hydrogen) atoms. The van der Waals surface area contributed by atoms with Crippen LogP contribution < -0.4 is 11.1 Å². The number of pyridine rings is 1. The number of hydrogen-bond donors (Lipinski definition) is 2. The van der Waals surface area contributed by atoms with Crippen LogP contribution in [0.4, 0.5) is 5.69 Å². The van der Waals surface area contributed by atoms with Crippen LogP contribution in [0.2, 0.25) is 10.2 Å². The molecule has 3 nitrogen and oxygen atoms in total. The zero-order chi connectivity index (χ0) is 16.7. The standard InChI is InChI=1S/C11H10Cl2N2S.C6H13N/c1-2-3-4-14-8-5-9(13)15-10-7(12)6-16-11(8)10;7-6-4-2-1-3-5-6/h2-3,5-6H,4H2,1H3,(H,14,15);6H,1-5,7H2/b3-2-;. The fourth-order valence-electron chi connectivity index (χ4n) is 2.50. The van der Waals surface area contributed by atoms with Crippen LogP contribution >= 0.6 is 34.5 Å². The van der Waals surface area contributed by atoms with Crippen molar-refractivity contribution in [2.75, 3.05) is 11.9 Å². The maximum Gasteiger partial charge on any atom is 0.131 e. The topological polar surface area (TPSA) is 50.9 Å². The first kappa shape index (κ1) is 18.5. The van der Waals surface area contributed by atoms with Crippen LogP contribution in [0.3, 0.4) is 0 Å². The van der Waals surface area contributed by atoms with Gasteiger partial charge in [0.2, 0.25) is 0 Å². The predicted octanol–water partition coefficient (Wildman–Crippen LogP) is 5.87. The van der Waals surface area contributed by atoms with Gasteiger partial charge in [0.1, 0.15) is 10.7 Å². The van der Waals surface area contributed by atoms with Crippen molar-refractivity contribution in [1.82, 2.24) is 4.98 Å². The Morgan fingerprint density at radius 3 is 2.70 bits per heavy atom. The zero-order valence-corrected chi connectivity index (χ0v) is 15.6. The van der Waals surface area contributed by atoms with Gasteiger partial charge < -0.3 is 11.1 Å². The third kappa shape index (κ3) is 5.64. The van der Waals surface area contributed by atoms with Gasteiger partial charge in [0.15, 0.2) is 0 Å². The molecule has 2 aromatic rings. The zero-order valence-electron chi connectivity index (χ0n) is 13.3. The van der Waals surface area contributed by atoms with E-state index in [4.69, 9.17) is 28.9 Å². The van der Waals surface area contributed by atoms with E-state index in [2.05, 4.69) is 10.3 Å². The van der Waals surface area contributed by atoms with Gasteiger partial charge in [-0.2, -0.15) is 0 Å². The Balaban J connectivity index is 0.000000229. The van der Waals surface area contributed by atoms with E-state index < -0.39 is 0 Å². The first-order valence-electron chi connectivity index (χ1n) is 7.95. The molecule has 0 radical (unpaired) electrons. The molecule has 1 saturated carbocycles. The van der Waals surface area contributed by atoms with Crippen molar-refractivity contribution >= 4 is 50.4 Å². The molecule has 1 aliphatic rings. The normalized spacial score (nSPS) is 15.7. The van der Waals surface area contributed by atoms with Gasteiger partial charge in [0.25, 0.3) is 0 Å². The van der Waals surface area contributed by atoms with E-state index in [1.807, 2.05) is 30.5 Å². The number of rotatable bonds is 3. The highest BCUT2D eigenvalue weighted by Crippen LogP contribution is 2.35. The lowest BCUT2D eigenvalue weighted by Gasteiger charge is -2.15. The molecule has 0 saturated heterocycles. The van der Waals surface area contributed by atoms with Crippen LogP contribution in [0.1, 0.15) is 39.0 Å². The summed E-state index contributed by atoms with van der Waals surface area (Å²) in [6.07, 6.45) is 10.7. The first-order chi connectivity index (χ1) is 11.1. The molecule has 0 spiro atoms. The lowest BCUT2D eigenvalue weighted by atomic mass is 9.97. The molecular weight excluding hydrogens is 349 g/mol. The Bertz CT molecular complexity index is 649. The Labute approximate surface area is 151 Å². The molecule has 1 fully saturated rings. The Kier molecular flexibility index (Phi) is 7.63. The number of thiophene rings is 1. The average molecular weight is 372 g/mol. The van der Waals surface area contributed by atoms with Gasteiger partial charge in [0.05, 0.1) is 15.4 Å². The first-order valence-corrected chi connectivity index (χ1v) is 9.59. The minimum Gasteiger partial charge on any atom is -0.380 e. The second-order valence-electron chi connectivity index (χ2n) is 5.60. The number of nitrogens with two attached hydrogens (primary N) is 1. The van der Waals surface area contributed by atoms with Crippen molar-refractivity contribution in [3.8, 4) is 0 Å². The highest BCUT2D eigenvalue weighted by molar-refractivity contribution is 7.18. The molecule has 0 aliphatic heterocycles. The van der Waals surface area contributed by atoms with E-state index in [1.54, 1.807) is 11.3 Å². The molecular formula is C17H23Cl2N3S. The second kappa shape index (κ2) is 9.48. The minimum absolute atomic E-state index is 0.454. The van der Waals surface area contributed by atoms with Gasteiger partial charge in [-0.1, -0.05) is 54.6 Å². The van der Waals surface area contributed by atoms with Gasteiger partial charge in [-0.15, -0.1) is 11.3 Å². The summed E-state index contributed by atoms with van der Waals surface area (Å²) in [5.41, 5.74) is 7.38. The maximum absolute atomic E-state index is 6.03. The molecule has 0 aromatic carbocycles. The van der Waals surface area contributed by atoms with Crippen LogP contribution in [-0.2, 0) is 0 Å². The third-order valence-corrected chi connectivity index (χ3v) is 5.36. The molecule has 0 unspecified atom stereocenters. The molecule has 6 heteroatoms. The van der Waals surface area contributed by atoms with Gasteiger partial charge >= 0.3 is 0 Å². The van der Waals surface area contributed by atoms with Crippen LogP contribution in [-0.4, -0.2) is 17.6 Å². The highest BCUT2D eigenvalue weighted by Gasteiger charge is 2.09. The number of allylic oxidation sites excluding steroid dienone is 1. The fourth-order valence-corrected chi connectivity index (χ4v) is 3.88. The van der Waals surface area contributed by atoms with Gasteiger partial charge in [0, 0.05) is 24.0 Å². The molecule has 0 amide bonds. The van der Waals surface area contributed by atoms with Crippen molar-refractivity contribution in [2.24, 2.45) is 5.73 Å². The van der Waals surface area contributed by atoms with Crippen molar-refractivity contribution in [2.45, 2.75) is 45.1 Å². The van der Waals surface area contributed by atoms with E-state index >= 15 is 0 Å². The smallest absolute Gasteiger partial charge is 0.131 e. The molecule has 2 aromatic heterocycles. The summed E-state index contributed by atoms with van der Waals surface area (Å²) in [5.74, 6) is 0. The minimum atomic E-state index is 0.454. The van der Waals surface area contributed by atoms with E-state index in [0.29, 0.717) is 16.2 Å². The van der Waals surface area contributed by atoms with Gasteiger partial charge in [-0.25, -0.2) is 4.98 Å². The Morgan fingerprint density at radius 2 is 2.09 bits per heavy atom. The Morgan fingerprint density at radius 1 is 1.35 bits per heavy atom. The predicted molar refractivity (Wildman–Crippen MR) is 104 cm³/mol. The van der Waals surface area contributed by atoms with Crippen LogP contribution in [0.15, 0.2) is 23.6 Å². The van der Waals surface area contributed by atoms with E-state index in [-0.39, 0.29) is 0 Å². The van der Waals surface area contributed by atoms with Crippen molar-refractivity contribution in [1.29, 1.82) is 0 Å². The summed E-state index contributed by atoms with van der Waals surface area (Å²) in [5, 5.41) is 6.26. The summed E-state index contributed by atoms with van der Waals surface area (Å²) in [7, 11) is 0. The van der Waals surface area contributed by atoms with Crippen molar-refractivity contribution in [3.05, 3.63) is 33.8 Å². The number of nitrogens with one attached hydrogen (secondary N) is 1. The summed E-state index contributed by atoms with van der Waals surface area (Å²) in [6.45, 7) is 2.75. The van der Waals surface area contributed by atoms with Crippen LogP contribution in [0, 0.1) is 0 Å². The van der Waals surface area contributed by atoms with Crippen LogP contribution in [0.5, 0.6) is 0 Å². The average Bonchev–Trinajstić information content (AvgIpc) is 2.90. The molecule has 2 heterocycles. The number of halogens is 2. The second-order valence-corrected chi connectivity index (χ2v) is 7.28. The summed E-state index contributed by atoms with van der Waals surface area (Å²) >= 11 is 13.5. The number of anilines is 1. The number of fused-ring (bicyclic) bond motifs is 1. The van der Waals surface area contributed by atoms with Gasteiger partial charge in [-0.3, -0.25) is 0 Å². The quantitative estimate of drug-likeness (QED) is 0.523. The number of hydrogen-bond acceptors (Lipinski definition) is 4. The van der Waals surface area contributed by atoms with Gasteiger partial charge in [-0.05, 0) is 19.8 Å².